The highest BCUT2D eigenvalue weighted by atomic mass is 19.4. The van der Waals surface area contributed by atoms with Crippen molar-refractivity contribution in [2.24, 2.45) is 0 Å². The van der Waals surface area contributed by atoms with E-state index in [-0.39, 0.29) is 5.56 Å². The van der Waals surface area contributed by atoms with Gasteiger partial charge in [0.05, 0.1) is 11.7 Å². The van der Waals surface area contributed by atoms with Gasteiger partial charge in [0, 0.05) is 0 Å². The van der Waals surface area contributed by atoms with Crippen molar-refractivity contribution in [3.8, 4) is 0 Å². The summed E-state index contributed by atoms with van der Waals surface area (Å²) in [5.74, 6) is 0. The summed E-state index contributed by atoms with van der Waals surface area (Å²) in [5, 5.41) is 9.08. The van der Waals surface area contributed by atoms with Gasteiger partial charge in [0.1, 0.15) is 0 Å². The van der Waals surface area contributed by atoms with Gasteiger partial charge in [0.2, 0.25) is 0 Å². The maximum atomic E-state index is 12.6. The van der Waals surface area contributed by atoms with Crippen LogP contribution in [0.15, 0.2) is 18.2 Å². The van der Waals surface area contributed by atoms with Crippen molar-refractivity contribution in [2.45, 2.75) is 39.0 Å². The minimum Gasteiger partial charge on any atom is -0.393 e. The normalized spacial score (nSPS) is 13.9. The molecule has 0 saturated carbocycles. The SMILES string of the molecule is Cc1ccc(CC[C@H](C)O)cc1C(F)(F)F. The molecule has 1 nitrogen and oxygen atoms in total. The van der Waals surface area contributed by atoms with E-state index in [1.165, 1.54) is 13.0 Å². The Balaban J connectivity index is 2.90. The summed E-state index contributed by atoms with van der Waals surface area (Å²) in [7, 11) is 0. The predicted molar refractivity (Wildman–Crippen MR) is 56.2 cm³/mol. The first-order chi connectivity index (χ1) is 7.30. The fourth-order valence-corrected chi connectivity index (χ4v) is 1.51. The average molecular weight is 232 g/mol. The van der Waals surface area contributed by atoms with Crippen molar-refractivity contribution in [1.82, 2.24) is 0 Å². The van der Waals surface area contributed by atoms with Crippen molar-refractivity contribution >= 4 is 0 Å². The Kier molecular flexibility index (Phi) is 3.97. The highest BCUT2D eigenvalue weighted by Gasteiger charge is 2.32. The molecule has 0 amide bonds. The molecule has 0 saturated heterocycles. The number of alkyl halides is 3. The van der Waals surface area contributed by atoms with Gasteiger partial charge in [-0.15, -0.1) is 0 Å². The first kappa shape index (κ1) is 13.0. The molecule has 1 aromatic carbocycles. The standard InChI is InChI=1S/C12H15F3O/c1-8-3-5-10(6-4-9(2)16)7-11(8)12(13,14)15/h3,5,7,9,16H,4,6H2,1-2H3/t9-/m0/s1. The molecule has 4 heteroatoms. The Bertz CT molecular complexity index is 356. The van der Waals surface area contributed by atoms with Gasteiger partial charge >= 0.3 is 6.18 Å². The first-order valence-corrected chi connectivity index (χ1v) is 5.15. The smallest absolute Gasteiger partial charge is 0.393 e. The molecule has 0 spiro atoms. The third kappa shape index (κ3) is 3.52. The van der Waals surface area contributed by atoms with Crippen molar-refractivity contribution in [1.29, 1.82) is 0 Å². The zero-order valence-corrected chi connectivity index (χ0v) is 9.30. The molecule has 90 valence electrons. The van der Waals surface area contributed by atoms with Gasteiger partial charge in [-0.05, 0) is 43.9 Å². The monoisotopic (exact) mass is 232 g/mol. The number of aryl methyl sites for hydroxylation is 2. The second kappa shape index (κ2) is 4.87. The molecule has 1 atom stereocenters. The van der Waals surface area contributed by atoms with E-state index in [4.69, 9.17) is 5.11 Å². The second-order valence-electron chi connectivity index (χ2n) is 4.03. The van der Waals surface area contributed by atoms with Gasteiger partial charge in [-0.2, -0.15) is 13.2 Å². The van der Waals surface area contributed by atoms with Crippen molar-refractivity contribution in [3.05, 3.63) is 34.9 Å². The number of rotatable bonds is 3. The first-order valence-electron chi connectivity index (χ1n) is 5.15. The van der Waals surface area contributed by atoms with E-state index in [0.717, 1.165) is 6.07 Å². The molecule has 0 fully saturated rings. The topological polar surface area (TPSA) is 20.2 Å². The van der Waals surface area contributed by atoms with Crippen LogP contribution in [0.25, 0.3) is 0 Å². The highest BCUT2D eigenvalue weighted by molar-refractivity contribution is 5.33. The fraction of sp³-hybridized carbons (Fsp3) is 0.500. The number of hydrogen-bond donors (Lipinski definition) is 1. The predicted octanol–water partition coefficient (Wildman–Crippen LogP) is 3.33. The quantitative estimate of drug-likeness (QED) is 0.847. The number of hydrogen-bond acceptors (Lipinski definition) is 1. The van der Waals surface area contributed by atoms with Crippen LogP contribution in [0.1, 0.15) is 30.0 Å². The molecule has 0 bridgehead atoms. The Hall–Kier alpha value is -1.03. The van der Waals surface area contributed by atoms with E-state index < -0.39 is 17.8 Å². The molecular weight excluding hydrogens is 217 g/mol. The molecular formula is C12H15F3O. The Morgan fingerprint density at radius 1 is 1.31 bits per heavy atom. The fourth-order valence-electron chi connectivity index (χ4n) is 1.51. The van der Waals surface area contributed by atoms with Crippen LogP contribution in [-0.4, -0.2) is 11.2 Å². The van der Waals surface area contributed by atoms with Crippen molar-refractivity contribution in [2.75, 3.05) is 0 Å². The molecule has 0 radical (unpaired) electrons. The average Bonchev–Trinajstić information content (AvgIpc) is 2.14. The summed E-state index contributed by atoms with van der Waals surface area (Å²) in [6.45, 7) is 3.07. The summed E-state index contributed by atoms with van der Waals surface area (Å²) in [6, 6.07) is 4.31. The van der Waals surface area contributed by atoms with Gasteiger partial charge in [0.15, 0.2) is 0 Å². The lowest BCUT2D eigenvalue weighted by Crippen LogP contribution is -2.09. The van der Waals surface area contributed by atoms with Gasteiger partial charge in [-0.1, -0.05) is 12.1 Å². The van der Waals surface area contributed by atoms with Gasteiger partial charge in [-0.25, -0.2) is 0 Å². The van der Waals surface area contributed by atoms with Gasteiger partial charge < -0.3 is 5.11 Å². The molecule has 1 rings (SSSR count). The molecule has 0 unspecified atom stereocenters. The van der Waals surface area contributed by atoms with E-state index in [2.05, 4.69) is 0 Å². The van der Waals surface area contributed by atoms with Crippen LogP contribution in [0, 0.1) is 6.92 Å². The van der Waals surface area contributed by atoms with Crippen LogP contribution >= 0.6 is 0 Å². The van der Waals surface area contributed by atoms with Crippen molar-refractivity contribution < 1.29 is 18.3 Å². The zero-order valence-electron chi connectivity index (χ0n) is 9.30. The van der Waals surface area contributed by atoms with E-state index in [1.54, 1.807) is 13.0 Å². The van der Waals surface area contributed by atoms with Crippen LogP contribution < -0.4 is 0 Å². The number of aliphatic hydroxyl groups is 1. The maximum Gasteiger partial charge on any atom is 0.416 e. The number of benzene rings is 1. The van der Waals surface area contributed by atoms with E-state index in [9.17, 15) is 13.2 Å². The molecule has 0 heterocycles. The van der Waals surface area contributed by atoms with Gasteiger partial charge in [0.25, 0.3) is 0 Å². The minimum absolute atomic E-state index is 0.230. The summed E-state index contributed by atoms with van der Waals surface area (Å²) in [6.07, 6.45) is -3.86. The third-order valence-corrected chi connectivity index (χ3v) is 2.46. The molecule has 1 N–H and O–H groups in total. The molecule has 0 aliphatic carbocycles. The van der Waals surface area contributed by atoms with E-state index in [1.807, 2.05) is 0 Å². The maximum absolute atomic E-state index is 12.6. The van der Waals surface area contributed by atoms with E-state index >= 15 is 0 Å². The molecule has 0 aliphatic heterocycles. The number of aliphatic hydroxyl groups excluding tert-OH is 1. The summed E-state index contributed by atoms with van der Waals surface area (Å²) in [4.78, 5) is 0. The third-order valence-electron chi connectivity index (χ3n) is 2.46. The van der Waals surface area contributed by atoms with Crippen LogP contribution in [0.3, 0.4) is 0 Å². The number of halogens is 3. The lowest BCUT2D eigenvalue weighted by Gasteiger charge is -2.12. The largest absolute Gasteiger partial charge is 0.416 e. The lowest BCUT2D eigenvalue weighted by atomic mass is 10.0. The van der Waals surface area contributed by atoms with Crippen molar-refractivity contribution in [3.63, 3.8) is 0 Å². The summed E-state index contributed by atoms with van der Waals surface area (Å²) < 4.78 is 37.7. The van der Waals surface area contributed by atoms with Crippen LogP contribution in [-0.2, 0) is 12.6 Å². The van der Waals surface area contributed by atoms with Gasteiger partial charge in [-0.3, -0.25) is 0 Å². The Morgan fingerprint density at radius 2 is 1.94 bits per heavy atom. The lowest BCUT2D eigenvalue weighted by molar-refractivity contribution is -0.138. The van der Waals surface area contributed by atoms with E-state index in [0.29, 0.717) is 18.4 Å². The Morgan fingerprint density at radius 3 is 2.44 bits per heavy atom. The second-order valence-corrected chi connectivity index (χ2v) is 4.03. The Labute approximate surface area is 92.9 Å². The molecule has 1 aromatic rings. The summed E-state index contributed by atoms with van der Waals surface area (Å²) >= 11 is 0. The molecule has 16 heavy (non-hydrogen) atoms. The van der Waals surface area contributed by atoms with Crippen LogP contribution in [0.5, 0.6) is 0 Å². The molecule has 0 aliphatic rings. The summed E-state index contributed by atoms with van der Waals surface area (Å²) in [5.41, 5.74) is 0.253. The molecule has 0 aromatic heterocycles. The van der Waals surface area contributed by atoms with Crippen LogP contribution in [0.4, 0.5) is 13.2 Å². The minimum atomic E-state index is -4.30. The highest BCUT2D eigenvalue weighted by Crippen LogP contribution is 2.32. The zero-order chi connectivity index (χ0) is 12.3. The van der Waals surface area contributed by atoms with Crippen LogP contribution in [0.2, 0.25) is 0 Å².